The quantitative estimate of drug-likeness (QED) is 0.808. The second kappa shape index (κ2) is 7.27. The van der Waals surface area contributed by atoms with Crippen molar-refractivity contribution in [3.05, 3.63) is 35.9 Å². The van der Waals surface area contributed by atoms with Gasteiger partial charge < -0.3 is 4.90 Å². The molecule has 2 atom stereocenters. The number of nitrogens with zero attached hydrogens (tertiary/aromatic N) is 1. The smallest absolute Gasteiger partial charge is 0.223 e. The molecule has 0 spiro atoms. The summed E-state index contributed by atoms with van der Waals surface area (Å²) in [6.45, 7) is 4.70. The van der Waals surface area contributed by atoms with Gasteiger partial charge in [0, 0.05) is 19.0 Å². The minimum Gasteiger partial charge on any atom is -0.339 e. The summed E-state index contributed by atoms with van der Waals surface area (Å²) < 4.78 is 23.4. The van der Waals surface area contributed by atoms with Gasteiger partial charge in [-0.1, -0.05) is 44.2 Å². The molecule has 0 aliphatic carbocycles. The van der Waals surface area contributed by atoms with Gasteiger partial charge in [0.15, 0.2) is 9.84 Å². The minimum atomic E-state index is -2.97. The predicted molar refractivity (Wildman–Crippen MR) is 88.5 cm³/mol. The molecule has 2 unspecified atom stereocenters. The number of hydrogen-bond donors (Lipinski definition) is 0. The average molecular weight is 323 g/mol. The summed E-state index contributed by atoms with van der Waals surface area (Å²) in [4.78, 5) is 14.4. The molecule has 0 saturated carbocycles. The van der Waals surface area contributed by atoms with Crippen molar-refractivity contribution in [2.75, 3.05) is 18.1 Å². The van der Waals surface area contributed by atoms with Gasteiger partial charge in [0.1, 0.15) is 0 Å². The van der Waals surface area contributed by atoms with E-state index in [-0.39, 0.29) is 29.4 Å². The molecule has 1 aromatic rings. The van der Waals surface area contributed by atoms with E-state index in [2.05, 4.69) is 0 Å². The second-order valence-corrected chi connectivity index (χ2v) is 8.39. The van der Waals surface area contributed by atoms with Gasteiger partial charge in [-0.15, -0.1) is 0 Å². The Bertz CT molecular complexity index is 598. The summed E-state index contributed by atoms with van der Waals surface area (Å²) in [6, 6.07) is 9.84. The molecule has 0 radical (unpaired) electrons. The number of hydrogen-bond acceptors (Lipinski definition) is 3. The van der Waals surface area contributed by atoms with Crippen molar-refractivity contribution in [1.29, 1.82) is 0 Å². The maximum Gasteiger partial charge on any atom is 0.223 e. The SMILES string of the molecule is CCCN(C(=O)CC(C)c1ccccc1)C1CCS(=O)(=O)C1. The molecular formula is C17H25NO3S. The van der Waals surface area contributed by atoms with Crippen molar-refractivity contribution in [2.24, 2.45) is 0 Å². The molecule has 1 amide bonds. The minimum absolute atomic E-state index is 0.0697. The molecule has 1 saturated heterocycles. The van der Waals surface area contributed by atoms with Crippen molar-refractivity contribution in [1.82, 2.24) is 4.90 Å². The molecule has 0 N–H and O–H groups in total. The summed E-state index contributed by atoms with van der Waals surface area (Å²) in [7, 11) is -2.97. The fourth-order valence-corrected chi connectivity index (χ4v) is 4.78. The third kappa shape index (κ3) is 4.32. The van der Waals surface area contributed by atoms with Crippen LogP contribution in [0, 0.1) is 0 Å². The Morgan fingerprint density at radius 1 is 1.32 bits per heavy atom. The highest BCUT2D eigenvalue weighted by Crippen LogP contribution is 2.23. The zero-order valence-corrected chi connectivity index (χ0v) is 14.2. The lowest BCUT2D eigenvalue weighted by atomic mass is 9.97. The van der Waals surface area contributed by atoms with Gasteiger partial charge in [-0.05, 0) is 24.3 Å². The summed E-state index contributed by atoms with van der Waals surface area (Å²) in [6.07, 6.45) is 1.86. The van der Waals surface area contributed by atoms with Crippen molar-refractivity contribution in [2.45, 2.75) is 45.1 Å². The Labute approximate surface area is 133 Å². The van der Waals surface area contributed by atoms with E-state index in [1.807, 2.05) is 44.2 Å². The summed E-state index contributed by atoms with van der Waals surface area (Å²) >= 11 is 0. The topological polar surface area (TPSA) is 54.5 Å². The molecule has 0 aromatic heterocycles. The highest BCUT2D eigenvalue weighted by Gasteiger charge is 2.34. The Morgan fingerprint density at radius 3 is 2.55 bits per heavy atom. The fourth-order valence-electron chi connectivity index (χ4n) is 3.05. The number of carbonyl (C=O) groups excluding carboxylic acids is 1. The van der Waals surface area contributed by atoms with Gasteiger partial charge in [0.05, 0.1) is 11.5 Å². The Morgan fingerprint density at radius 2 is 2.00 bits per heavy atom. The fraction of sp³-hybridized carbons (Fsp3) is 0.588. The van der Waals surface area contributed by atoms with Crippen LogP contribution in [-0.2, 0) is 14.6 Å². The summed E-state index contributed by atoms with van der Waals surface area (Å²) in [5.41, 5.74) is 1.14. The molecule has 2 rings (SSSR count). The molecule has 1 aliphatic heterocycles. The van der Waals surface area contributed by atoms with Crippen LogP contribution < -0.4 is 0 Å². The third-order valence-electron chi connectivity index (χ3n) is 4.28. The monoisotopic (exact) mass is 323 g/mol. The Hall–Kier alpha value is -1.36. The van der Waals surface area contributed by atoms with E-state index in [1.54, 1.807) is 4.90 Å². The Balaban J connectivity index is 2.04. The molecule has 5 heteroatoms. The first-order valence-electron chi connectivity index (χ1n) is 7.97. The van der Waals surface area contributed by atoms with E-state index in [1.165, 1.54) is 0 Å². The van der Waals surface area contributed by atoms with Gasteiger partial charge in [0.25, 0.3) is 0 Å². The zero-order valence-electron chi connectivity index (χ0n) is 13.4. The first-order valence-corrected chi connectivity index (χ1v) is 9.80. The molecule has 1 fully saturated rings. The molecule has 1 aromatic carbocycles. The van der Waals surface area contributed by atoms with Crippen molar-refractivity contribution in [3.8, 4) is 0 Å². The van der Waals surface area contributed by atoms with Crippen LogP contribution in [0.2, 0.25) is 0 Å². The first kappa shape index (κ1) is 17.0. The van der Waals surface area contributed by atoms with E-state index in [0.29, 0.717) is 19.4 Å². The van der Waals surface area contributed by atoms with Crippen LogP contribution in [0.3, 0.4) is 0 Å². The number of sulfone groups is 1. The van der Waals surface area contributed by atoms with E-state index in [9.17, 15) is 13.2 Å². The summed E-state index contributed by atoms with van der Waals surface area (Å²) in [5, 5.41) is 0. The van der Waals surface area contributed by atoms with E-state index >= 15 is 0 Å². The van der Waals surface area contributed by atoms with E-state index in [0.717, 1.165) is 12.0 Å². The third-order valence-corrected chi connectivity index (χ3v) is 6.03. The molecule has 0 bridgehead atoms. The maximum absolute atomic E-state index is 12.6. The highest BCUT2D eigenvalue weighted by molar-refractivity contribution is 7.91. The van der Waals surface area contributed by atoms with Crippen LogP contribution in [0.1, 0.15) is 44.6 Å². The standard InChI is InChI=1S/C17H25NO3S/c1-3-10-18(16-9-11-22(20,21)13-16)17(19)12-14(2)15-7-5-4-6-8-15/h4-8,14,16H,3,9-13H2,1-2H3. The average Bonchev–Trinajstić information content (AvgIpc) is 2.85. The largest absolute Gasteiger partial charge is 0.339 e. The predicted octanol–water partition coefficient (Wildman–Crippen LogP) is 2.61. The molecular weight excluding hydrogens is 298 g/mol. The lowest BCUT2D eigenvalue weighted by molar-refractivity contribution is -0.133. The van der Waals surface area contributed by atoms with Crippen LogP contribution in [0.15, 0.2) is 30.3 Å². The second-order valence-electron chi connectivity index (χ2n) is 6.16. The molecule has 122 valence electrons. The maximum atomic E-state index is 12.6. The zero-order chi connectivity index (χ0) is 16.2. The van der Waals surface area contributed by atoms with Crippen LogP contribution >= 0.6 is 0 Å². The van der Waals surface area contributed by atoms with Crippen molar-refractivity contribution < 1.29 is 13.2 Å². The summed E-state index contributed by atoms with van der Waals surface area (Å²) in [5.74, 6) is 0.545. The van der Waals surface area contributed by atoms with Crippen LogP contribution in [0.25, 0.3) is 0 Å². The van der Waals surface area contributed by atoms with Crippen LogP contribution in [-0.4, -0.2) is 43.3 Å². The van der Waals surface area contributed by atoms with Crippen molar-refractivity contribution >= 4 is 15.7 Å². The van der Waals surface area contributed by atoms with Crippen molar-refractivity contribution in [3.63, 3.8) is 0 Å². The van der Waals surface area contributed by atoms with E-state index < -0.39 is 9.84 Å². The first-order chi connectivity index (χ1) is 10.4. The molecule has 1 heterocycles. The highest BCUT2D eigenvalue weighted by atomic mass is 32.2. The molecule has 4 nitrogen and oxygen atoms in total. The van der Waals surface area contributed by atoms with Crippen LogP contribution in [0.5, 0.6) is 0 Å². The molecule has 1 aliphatic rings. The lowest BCUT2D eigenvalue weighted by Gasteiger charge is -2.29. The van der Waals surface area contributed by atoms with Gasteiger partial charge in [-0.2, -0.15) is 0 Å². The number of benzene rings is 1. The number of carbonyl (C=O) groups is 1. The van der Waals surface area contributed by atoms with E-state index in [4.69, 9.17) is 0 Å². The normalized spacial score (nSPS) is 21.5. The van der Waals surface area contributed by atoms with Gasteiger partial charge in [-0.25, -0.2) is 8.42 Å². The number of rotatable bonds is 6. The number of amides is 1. The van der Waals surface area contributed by atoms with Gasteiger partial charge >= 0.3 is 0 Å². The lowest BCUT2D eigenvalue weighted by Crippen LogP contribution is -2.42. The van der Waals surface area contributed by atoms with Gasteiger partial charge in [0.2, 0.25) is 5.91 Å². The van der Waals surface area contributed by atoms with Gasteiger partial charge in [-0.3, -0.25) is 4.79 Å². The Kier molecular flexibility index (Phi) is 5.62. The van der Waals surface area contributed by atoms with Crippen LogP contribution in [0.4, 0.5) is 0 Å². The molecule has 22 heavy (non-hydrogen) atoms.